The molecule has 1 aromatic rings. The van der Waals surface area contributed by atoms with Crippen molar-refractivity contribution in [1.82, 2.24) is 9.80 Å². The van der Waals surface area contributed by atoms with E-state index >= 15 is 0 Å². The first-order chi connectivity index (χ1) is 10.6. The maximum absolute atomic E-state index is 11.6. The highest BCUT2D eigenvalue weighted by Crippen LogP contribution is 2.18. The van der Waals surface area contributed by atoms with Crippen molar-refractivity contribution in [3.05, 3.63) is 23.2 Å². The number of hydrogen-bond donors (Lipinski definition) is 1. The zero-order chi connectivity index (χ0) is 16.1. The SMILES string of the molecule is CCC(CO)N1CCN(Cc2cc(C(=O)OC)c(C)o2)CC1. The van der Waals surface area contributed by atoms with Gasteiger partial charge in [-0.15, -0.1) is 0 Å². The molecule has 0 aromatic carbocycles. The minimum absolute atomic E-state index is 0.219. The Morgan fingerprint density at radius 2 is 2.09 bits per heavy atom. The fraction of sp³-hybridized carbons (Fsp3) is 0.688. The Morgan fingerprint density at radius 3 is 2.64 bits per heavy atom. The number of rotatable bonds is 6. The molecular formula is C16H26N2O4. The van der Waals surface area contributed by atoms with Crippen molar-refractivity contribution in [2.75, 3.05) is 39.9 Å². The molecule has 1 saturated heterocycles. The highest BCUT2D eigenvalue weighted by molar-refractivity contribution is 5.90. The standard InChI is InChI=1S/C16H26N2O4/c1-4-13(11-19)18-7-5-17(6-8-18)10-14-9-15(12(2)22-14)16(20)21-3/h9,13,19H,4-8,10-11H2,1-3H3. The molecule has 0 spiro atoms. The first-order valence-corrected chi connectivity index (χ1v) is 7.83. The van der Waals surface area contributed by atoms with Gasteiger partial charge in [-0.2, -0.15) is 0 Å². The van der Waals surface area contributed by atoms with Crippen LogP contribution in [0.5, 0.6) is 0 Å². The third-order valence-electron chi connectivity index (χ3n) is 4.36. The Labute approximate surface area is 131 Å². The van der Waals surface area contributed by atoms with Gasteiger partial charge in [-0.3, -0.25) is 9.80 Å². The summed E-state index contributed by atoms with van der Waals surface area (Å²) in [6.07, 6.45) is 0.969. The van der Waals surface area contributed by atoms with E-state index in [1.54, 1.807) is 13.0 Å². The molecule has 1 unspecified atom stereocenters. The van der Waals surface area contributed by atoms with Crippen LogP contribution in [0.2, 0.25) is 0 Å². The summed E-state index contributed by atoms with van der Waals surface area (Å²) in [7, 11) is 1.37. The Morgan fingerprint density at radius 1 is 1.41 bits per heavy atom. The summed E-state index contributed by atoms with van der Waals surface area (Å²) in [5.41, 5.74) is 0.502. The molecule has 0 radical (unpaired) electrons. The zero-order valence-electron chi connectivity index (χ0n) is 13.7. The lowest BCUT2D eigenvalue weighted by atomic mass is 10.1. The van der Waals surface area contributed by atoms with E-state index in [2.05, 4.69) is 16.7 Å². The highest BCUT2D eigenvalue weighted by Gasteiger charge is 2.23. The molecule has 2 rings (SSSR count). The molecule has 1 aromatic heterocycles. The van der Waals surface area contributed by atoms with Gasteiger partial charge < -0.3 is 14.3 Å². The van der Waals surface area contributed by atoms with E-state index < -0.39 is 0 Å². The normalized spacial score (nSPS) is 18.4. The summed E-state index contributed by atoms with van der Waals surface area (Å²) in [6, 6.07) is 2.04. The van der Waals surface area contributed by atoms with Crippen LogP contribution < -0.4 is 0 Å². The summed E-state index contributed by atoms with van der Waals surface area (Å²) >= 11 is 0. The largest absolute Gasteiger partial charge is 0.465 e. The molecule has 2 heterocycles. The number of aliphatic hydroxyl groups is 1. The number of aliphatic hydroxyl groups excluding tert-OH is 1. The molecule has 1 fully saturated rings. The number of esters is 1. The molecular weight excluding hydrogens is 284 g/mol. The second kappa shape index (κ2) is 7.76. The molecule has 0 aliphatic carbocycles. The van der Waals surface area contributed by atoms with Crippen molar-refractivity contribution in [2.45, 2.75) is 32.9 Å². The van der Waals surface area contributed by atoms with Gasteiger partial charge in [-0.05, 0) is 19.4 Å². The van der Waals surface area contributed by atoms with Gasteiger partial charge in [0.25, 0.3) is 0 Å². The first-order valence-electron chi connectivity index (χ1n) is 7.83. The average molecular weight is 310 g/mol. The van der Waals surface area contributed by atoms with Crippen molar-refractivity contribution in [2.24, 2.45) is 0 Å². The molecule has 1 aliphatic rings. The van der Waals surface area contributed by atoms with E-state index in [0.29, 0.717) is 17.9 Å². The van der Waals surface area contributed by atoms with Gasteiger partial charge in [0.05, 0.1) is 20.3 Å². The Balaban J connectivity index is 1.90. The molecule has 1 N–H and O–H groups in total. The van der Waals surface area contributed by atoms with Crippen LogP contribution in [0.25, 0.3) is 0 Å². The number of carbonyl (C=O) groups excluding carboxylic acids is 1. The summed E-state index contributed by atoms with van der Waals surface area (Å²) in [6.45, 7) is 8.56. The van der Waals surface area contributed by atoms with E-state index in [-0.39, 0.29) is 18.6 Å². The van der Waals surface area contributed by atoms with Crippen LogP contribution in [0.3, 0.4) is 0 Å². The van der Waals surface area contributed by atoms with Crippen LogP contribution in [-0.2, 0) is 11.3 Å². The number of furan rings is 1. The van der Waals surface area contributed by atoms with Crippen molar-refractivity contribution >= 4 is 5.97 Å². The van der Waals surface area contributed by atoms with Crippen LogP contribution in [-0.4, -0.2) is 66.8 Å². The second-order valence-electron chi connectivity index (χ2n) is 5.73. The topological polar surface area (TPSA) is 66.2 Å². The quantitative estimate of drug-likeness (QED) is 0.798. The van der Waals surface area contributed by atoms with Gasteiger partial charge in [0.15, 0.2) is 0 Å². The van der Waals surface area contributed by atoms with Crippen LogP contribution in [0.1, 0.15) is 35.2 Å². The zero-order valence-corrected chi connectivity index (χ0v) is 13.7. The minimum Gasteiger partial charge on any atom is -0.465 e. The molecule has 6 nitrogen and oxygen atoms in total. The summed E-state index contributed by atoms with van der Waals surface area (Å²) in [4.78, 5) is 16.2. The van der Waals surface area contributed by atoms with E-state index in [4.69, 9.17) is 9.15 Å². The number of ether oxygens (including phenoxy) is 1. The van der Waals surface area contributed by atoms with E-state index in [1.807, 2.05) is 0 Å². The Hall–Kier alpha value is -1.37. The molecule has 22 heavy (non-hydrogen) atoms. The van der Waals surface area contributed by atoms with Gasteiger partial charge in [0.1, 0.15) is 17.1 Å². The Kier molecular flexibility index (Phi) is 5.99. The molecule has 0 saturated carbocycles. The molecule has 6 heteroatoms. The number of nitrogens with zero attached hydrogens (tertiary/aromatic N) is 2. The van der Waals surface area contributed by atoms with Crippen molar-refractivity contribution < 1.29 is 19.1 Å². The van der Waals surface area contributed by atoms with Crippen LogP contribution >= 0.6 is 0 Å². The smallest absolute Gasteiger partial charge is 0.341 e. The number of piperazine rings is 1. The summed E-state index contributed by atoms with van der Waals surface area (Å²) < 4.78 is 10.4. The minimum atomic E-state index is -0.356. The summed E-state index contributed by atoms with van der Waals surface area (Å²) in [5, 5.41) is 9.37. The van der Waals surface area contributed by atoms with Gasteiger partial charge >= 0.3 is 5.97 Å². The number of hydrogen-bond acceptors (Lipinski definition) is 6. The molecule has 1 aliphatic heterocycles. The lowest BCUT2D eigenvalue weighted by Gasteiger charge is -2.38. The van der Waals surface area contributed by atoms with E-state index in [0.717, 1.165) is 38.4 Å². The second-order valence-corrected chi connectivity index (χ2v) is 5.73. The van der Waals surface area contributed by atoms with Crippen LogP contribution in [0.15, 0.2) is 10.5 Å². The van der Waals surface area contributed by atoms with Gasteiger partial charge in [-0.25, -0.2) is 4.79 Å². The molecule has 1 atom stereocenters. The average Bonchev–Trinajstić information content (AvgIpc) is 2.90. The van der Waals surface area contributed by atoms with Crippen LogP contribution in [0, 0.1) is 6.92 Å². The monoisotopic (exact) mass is 310 g/mol. The van der Waals surface area contributed by atoms with Crippen LogP contribution in [0.4, 0.5) is 0 Å². The Bertz CT molecular complexity index is 488. The number of methoxy groups -OCH3 is 1. The van der Waals surface area contributed by atoms with E-state index in [9.17, 15) is 9.90 Å². The predicted octanol–water partition coefficient (Wildman–Crippen LogP) is 1.26. The van der Waals surface area contributed by atoms with E-state index in [1.165, 1.54) is 7.11 Å². The fourth-order valence-corrected chi connectivity index (χ4v) is 2.94. The van der Waals surface area contributed by atoms with Gasteiger partial charge in [0, 0.05) is 32.2 Å². The number of aryl methyl sites for hydroxylation is 1. The third kappa shape index (κ3) is 3.88. The fourth-order valence-electron chi connectivity index (χ4n) is 2.94. The molecule has 0 amide bonds. The molecule has 0 bridgehead atoms. The van der Waals surface area contributed by atoms with Crippen molar-refractivity contribution in [3.63, 3.8) is 0 Å². The molecule has 124 valence electrons. The van der Waals surface area contributed by atoms with Crippen molar-refractivity contribution in [1.29, 1.82) is 0 Å². The number of carbonyl (C=O) groups is 1. The lowest BCUT2D eigenvalue weighted by Crippen LogP contribution is -2.50. The van der Waals surface area contributed by atoms with Gasteiger partial charge in [0.2, 0.25) is 0 Å². The maximum atomic E-state index is 11.6. The highest BCUT2D eigenvalue weighted by atomic mass is 16.5. The lowest BCUT2D eigenvalue weighted by molar-refractivity contribution is 0.0582. The van der Waals surface area contributed by atoms with Gasteiger partial charge in [-0.1, -0.05) is 6.92 Å². The first kappa shape index (κ1) is 17.0. The third-order valence-corrected chi connectivity index (χ3v) is 4.36. The predicted molar refractivity (Wildman–Crippen MR) is 82.8 cm³/mol. The van der Waals surface area contributed by atoms with Crippen molar-refractivity contribution in [3.8, 4) is 0 Å². The summed E-state index contributed by atoms with van der Waals surface area (Å²) in [5.74, 6) is 1.04. The maximum Gasteiger partial charge on any atom is 0.341 e.